The number of aromatic nitrogens is 2. The maximum absolute atomic E-state index is 14.1. The molecule has 45 heavy (non-hydrogen) atoms. The number of hydrogen-bond acceptors (Lipinski definition) is 7. The number of halogens is 3. The maximum atomic E-state index is 14.1. The second-order valence-corrected chi connectivity index (χ2v) is 14.3. The number of nitrogens with zero attached hydrogens (tertiary/aromatic N) is 3. The number of anilines is 2. The first-order chi connectivity index (χ1) is 21.4. The van der Waals surface area contributed by atoms with Gasteiger partial charge in [0.15, 0.2) is 0 Å². The fraction of sp³-hybridized carbons (Fsp3) is 0.515. The van der Waals surface area contributed by atoms with Gasteiger partial charge in [0.25, 0.3) is 10.0 Å². The summed E-state index contributed by atoms with van der Waals surface area (Å²) in [5, 5.41) is 0. The van der Waals surface area contributed by atoms with Crippen molar-refractivity contribution in [3.8, 4) is 17.0 Å². The lowest BCUT2D eigenvalue weighted by molar-refractivity contribution is -0.189. The molecule has 3 aromatic rings. The number of sulfonamides is 1. The van der Waals surface area contributed by atoms with Gasteiger partial charge in [-0.1, -0.05) is 24.3 Å². The Labute approximate surface area is 262 Å². The molecular formula is C33H39F3N4O4S. The molecule has 1 saturated carbocycles. The molecule has 8 nitrogen and oxygen atoms in total. The third-order valence-corrected chi connectivity index (χ3v) is 10.8. The molecule has 1 unspecified atom stereocenters. The first-order valence-electron chi connectivity index (χ1n) is 15.6. The fourth-order valence-corrected chi connectivity index (χ4v) is 7.49. The molecule has 1 aliphatic carbocycles. The van der Waals surface area contributed by atoms with E-state index in [4.69, 9.17) is 14.5 Å². The second-order valence-electron chi connectivity index (χ2n) is 12.6. The SMILES string of the molecule is Cc1cccc(C)c1-c1cc2nc(n1)NS(=O)(=O)c1cccc(c1)OCC(CCC1(C(F)(F)F)CC1)N2CCC1CCOCC1. The zero-order valence-electron chi connectivity index (χ0n) is 25.6. The standard InChI is InChI=1S/C33H39F3N4O4S/c1-22-5-3-6-23(2)30(22)28-20-29-38-31(37-28)39-45(41,42)27-8-4-7-26(19-27)44-21-25(9-13-32(14-15-32)33(34,35)36)40(29)16-10-24-11-17-43-18-12-24/h3-8,19-20,24-25H,9-18,21H2,1-2H3,(H,37,38,39). The summed E-state index contributed by atoms with van der Waals surface area (Å²) in [6, 6.07) is 13.3. The van der Waals surface area contributed by atoms with Crippen LogP contribution in [0.4, 0.5) is 24.9 Å². The van der Waals surface area contributed by atoms with Crippen molar-refractivity contribution in [2.24, 2.45) is 11.3 Å². The lowest BCUT2D eigenvalue weighted by atomic mass is 9.94. The number of aryl methyl sites for hydroxylation is 2. The average Bonchev–Trinajstić information content (AvgIpc) is 3.80. The molecule has 242 valence electrons. The van der Waals surface area contributed by atoms with E-state index >= 15 is 0 Å². The summed E-state index contributed by atoms with van der Waals surface area (Å²) in [4.78, 5) is 11.4. The van der Waals surface area contributed by atoms with Crippen LogP contribution >= 0.6 is 0 Å². The quantitative estimate of drug-likeness (QED) is 0.294. The van der Waals surface area contributed by atoms with Gasteiger partial charge in [0.05, 0.1) is 22.0 Å². The van der Waals surface area contributed by atoms with Gasteiger partial charge in [-0.3, -0.25) is 0 Å². The average molecular weight is 645 g/mol. The predicted molar refractivity (Wildman–Crippen MR) is 166 cm³/mol. The van der Waals surface area contributed by atoms with Crippen molar-refractivity contribution >= 4 is 21.8 Å². The maximum Gasteiger partial charge on any atom is 0.394 e. The van der Waals surface area contributed by atoms with Gasteiger partial charge in [0, 0.05) is 37.5 Å². The molecular weight excluding hydrogens is 605 g/mol. The number of nitrogens with one attached hydrogen (secondary N) is 1. The Hall–Kier alpha value is -3.38. The highest BCUT2D eigenvalue weighted by molar-refractivity contribution is 7.92. The molecule has 4 bridgehead atoms. The minimum Gasteiger partial charge on any atom is -0.491 e. The van der Waals surface area contributed by atoms with Crippen molar-refractivity contribution in [2.45, 2.75) is 75.9 Å². The topological polar surface area (TPSA) is 93.7 Å². The third-order valence-electron chi connectivity index (χ3n) is 9.50. The highest BCUT2D eigenvalue weighted by atomic mass is 32.2. The fourth-order valence-electron chi connectivity index (χ4n) is 6.52. The molecule has 6 rings (SSSR count). The molecule has 3 heterocycles. The normalized spacial score (nSPS) is 21.2. The van der Waals surface area contributed by atoms with E-state index in [9.17, 15) is 21.6 Å². The molecule has 12 heteroatoms. The van der Waals surface area contributed by atoms with Gasteiger partial charge in [-0.05, 0) is 88.0 Å². The molecule has 0 spiro atoms. The molecule has 1 atom stereocenters. The van der Waals surface area contributed by atoms with E-state index in [1.165, 1.54) is 12.1 Å². The van der Waals surface area contributed by atoms with Crippen LogP contribution in [0.25, 0.3) is 11.3 Å². The number of fused-ring (bicyclic) bond motifs is 4. The molecule has 1 saturated heterocycles. The van der Waals surface area contributed by atoms with Crippen LogP contribution in [0, 0.1) is 25.2 Å². The largest absolute Gasteiger partial charge is 0.491 e. The summed E-state index contributed by atoms with van der Waals surface area (Å²) in [7, 11) is -4.08. The summed E-state index contributed by atoms with van der Waals surface area (Å²) >= 11 is 0. The lowest BCUT2D eigenvalue weighted by Gasteiger charge is -2.36. The molecule has 2 aromatic carbocycles. The molecule has 2 aliphatic heterocycles. The van der Waals surface area contributed by atoms with Crippen LogP contribution in [-0.2, 0) is 14.8 Å². The van der Waals surface area contributed by atoms with Crippen LogP contribution in [0.5, 0.6) is 5.75 Å². The minimum atomic E-state index is -4.27. The number of hydrogen-bond donors (Lipinski definition) is 1. The van der Waals surface area contributed by atoms with E-state index in [0.29, 0.717) is 42.9 Å². The summed E-state index contributed by atoms with van der Waals surface area (Å²) in [6.45, 7) is 5.85. The Morgan fingerprint density at radius 3 is 2.40 bits per heavy atom. The highest BCUT2D eigenvalue weighted by Crippen LogP contribution is 2.60. The summed E-state index contributed by atoms with van der Waals surface area (Å²) in [5.74, 6) is 1.06. The van der Waals surface area contributed by atoms with Gasteiger partial charge in [-0.15, -0.1) is 0 Å². The zero-order chi connectivity index (χ0) is 31.8. The Kier molecular flexibility index (Phi) is 8.73. The summed E-state index contributed by atoms with van der Waals surface area (Å²) in [5.41, 5.74) is 1.62. The number of ether oxygens (including phenoxy) is 2. The molecule has 0 radical (unpaired) electrons. The number of alkyl halides is 3. The Morgan fingerprint density at radius 1 is 1.00 bits per heavy atom. The van der Waals surface area contributed by atoms with Gasteiger partial charge in [0.1, 0.15) is 18.2 Å². The zero-order valence-corrected chi connectivity index (χ0v) is 26.4. The van der Waals surface area contributed by atoms with E-state index in [-0.39, 0.29) is 43.1 Å². The van der Waals surface area contributed by atoms with Gasteiger partial charge in [-0.25, -0.2) is 18.1 Å². The van der Waals surface area contributed by atoms with Crippen LogP contribution in [0.1, 0.15) is 56.1 Å². The van der Waals surface area contributed by atoms with Crippen LogP contribution < -0.4 is 14.4 Å². The lowest BCUT2D eigenvalue weighted by Crippen LogP contribution is -2.43. The van der Waals surface area contributed by atoms with Crippen LogP contribution in [0.15, 0.2) is 53.4 Å². The first-order valence-corrected chi connectivity index (χ1v) is 17.0. The van der Waals surface area contributed by atoms with E-state index in [1.54, 1.807) is 12.1 Å². The van der Waals surface area contributed by atoms with Crippen molar-refractivity contribution in [1.82, 2.24) is 9.97 Å². The van der Waals surface area contributed by atoms with Crippen LogP contribution in [0.3, 0.4) is 0 Å². The van der Waals surface area contributed by atoms with Gasteiger partial charge < -0.3 is 14.4 Å². The van der Waals surface area contributed by atoms with E-state index in [1.807, 2.05) is 43.0 Å². The number of benzene rings is 2. The Bertz CT molecular complexity index is 1620. The summed E-state index contributed by atoms with van der Waals surface area (Å²) in [6.07, 6.45) is -1.21. The predicted octanol–water partition coefficient (Wildman–Crippen LogP) is 7.07. The van der Waals surface area contributed by atoms with Crippen molar-refractivity contribution in [1.29, 1.82) is 0 Å². The third kappa shape index (κ3) is 6.91. The minimum absolute atomic E-state index is 0.0212. The van der Waals surface area contributed by atoms with Crippen molar-refractivity contribution in [2.75, 3.05) is 36.0 Å². The molecule has 2 fully saturated rings. The molecule has 1 N–H and O–H groups in total. The summed E-state index contributed by atoms with van der Waals surface area (Å²) < 4.78 is 83.4. The van der Waals surface area contributed by atoms with E-state index in [2.05, 4.69) is 9.71 Å². The smallest absolute Gasteiger partial charge is 0.394 e. The highest BCUT2D eigenvalue weighted by Gasteiger charge is 2.62. The molecule has 3 aliphatic rings. The van der Waals surface area contributed by atoms with Crippen molar-refractivity contribution in [3.05, 3.63) is 59.7 Å². The van der Waals surface area contributed by atoms with Crippen molar-refractivity contribution in [3.63, 3.8) is 0 Å². The van der Waals surface area contributed by atoms with Gasteiger partial charge >= 0.3 is 6.18 Å². The van der Waals surface area contributed by atoms with Gasteiger partial charge in [-0.2, -0.15) is 18.2 Å². The molecule has 1 aromatic heterocycles. The van der Waals surface area contributed by atoms with Gasteiger partial charge in [0.2, 0.25) is 5.95 Å². The molecule has 0 amide bonds. The van der Waals surface area contributed by atoms with Crippen LogP contribution in [-0.4, -0.2) is 57.0 Å². The van der Waals surface area contributed by atoms with Crippen LogP contribution in [0.2, 0.25) is 0 Å². The Balaban J connectivity index is 1.47. The second kappa shape index (κ2) is 12.4. The Morgan fingerprint density at radius 2 is 1.71 bits per heavy atom. The first kappa shape index (κ1) is 31.6. The van der Waals surface area contributed by atoms with Crippen molar-refractivity contribution < 1.29 is 31.1 Å². The number of rotatable bonds is 7. The van der Waals surface area contributed by atoms with E-state index in [0.717, 1.165) is 36.0 Å². The van der Waals surface area contributed by atoms with E-state index < -0.39 is 27.7 Å². The monoisotopic (exact) mass is 644 g/mol.